The molecule has 1 amide bonds. The van der Waals surface area contributed by atoms with Crippen LogP contribution in [0.1, 0.15) is 33.9 Å². The number of amides is 1. The monoisotopic (exact) mass is 427 g/mol. The van der Waals surface area contributed by atoms with Crippen LogP contribution >= 0.6 is 0 Å². The van der Waals surface area contributed by atoms with Gasteiger partial charge in [-0.15, -0.1) is 0 Å². The minimum absolute atomic E-state index is 0.0790. The van der Waals surface area contributed by atoms with E-state index < -0.39 is 17.7 Å². The quantitative estimate of drug-likeness (QED) is 0.351. The molecule has 1 aliphatic heterocycles. The lowest BCUT2D eigenvalue weighted by atomic mass is 9.93. The first-order valence-electron chi connectivity index (χ1n) is 10.4. The fraction of sp³-hybridized carbons (Fsp3) is 0.185. The lowest BCUT2D eigenvalue weighted by molar-refractivity contribution is -0.132. The molecule has 0 radical (unpaired) electrons. The molecule has 1 N–H and O–H groups in total. The van der Waals surface area contributed by atoms with Crippen LogP contribution in [0.2, 0.25) is 0 Å². The maximum atomic E-state index is 13.3. The van der Waals surface area contributed by atoms with Gasteiger partial charge in [0.05, 0.1) is 18.7 Å². The van der Waals surface area contributed by atoms with Gasteiger partial charge in [-0.3, -0.25) is 14.5 Å². The Kier molecular flexibility index (Phi) is 5.57. The molecule has 1 heterocycles. The Balaban J connectivity index is 1.97. The molecule has 3 aromatic carbocycles. The summed E-state index contributed by atoms with van der Waals surface area (Å²) in [6, 6.07) is 19.5. The third-order valence-electron chi connectivity index (χ3n) is 5.80. The summed E-state index contributed by atoms with van der Waals surface area (Å²) >= 11 is 0. The molecule has 5 nitrogen and oxygen atoms in total. The zero-order valence-electron chi connectivity index (χ0n) is 18.5. The van der Waals surface area contributed by atoms with Crippen molar-refractivity contribution >= 4 is 23.1 Å². The van der Waals surface area contributed by atoms with E-state index in [0.29, 0.717) is 22.6 Å². The molecule has 162 valence electrons. The number of carbonyl (C=O) groups excluding carboxylic acids is 2. The van der Waals surface area contributed by atoms with Crippen molar-refractivity contribution in [3.63, 3.8) is 0 Å². The number of benzene rings is 3. The Labute approximate surface area is 187 Å². The molecule has 0 spiro atoms. The fourth-order valence-electron chi connectivity index (χ4n) is 4.11. The van der Waals surface area contributed by atoms with Gasteiger partial charge in [0, 0.05) is 11.3 Å². The molecule has 32 heavy (non-hydrogen) atoms. The zero-order chi connectivity index (χ0) is 23.0. The van der Waals surface area contributed by atoms with Crippen LogP contribution in [0.15, 0.2) is 72.3 Å². The van der Waals surface area contributed by atoms with Crippen LogP contribution in [0.4, 0.5) is 5.69 Å². The Morgan fingerprint density at radius 1 is 0.906 bits per heavy atom. The van der Waals surface area contributed by atoms with Gasteiger partial charge in [0.25, 0.3) is 11.7 Å². The number of anilines is 1. The number of aliphatic hydroxyl groups is 1. The summed E-state index contributed by atoms with van der Waals surface area (Å²) in [5.74, 6) is -0.870. The number of ether oxygens (including phenoxy) is 1. The third kappa shape index (κ3) is 3.66. The topological polar surface area (TPSA) is 66.8 Å². The Bertz CT molecular complexity index is 1240. The van der Waals surface area contributed by atoms with Gasteiger partial charge in [-0.2, -0.15) is 0 Å². The van der Waals surface area contributed by atoms with E-state index in [9.17, 15) is 14.7 Å². The summed E-state index contributed by atoms with van der Waals surface area (Å²) in [6.07, 6.45) is 0. The number of rotatable bonds is 4. The molecule has 1 saturated heterocycles. The number of Topliss-reactive ketones (excluding diaryl/α,β-unsaturated/α-hetero) is 1. The number of aliphatic hydroxyl groups excluding tert-OH is 1. The fourth-order valence-corrected chi connectivity index (χ4v) is 4.11. The third-order valence-corrected chi connectivity index (χ3v) is 5.80. The minimum Gasteiger partial charge on any atom is -0.507 e. The van der Waals surface area contributed by atoms with Crippen molar-refractivity contribution in [2.45, 2.75) is 26.8 Å². The SMILES string of the molecule is COc1ccc(C2/C(=C(\O)c3cc(C)ccc3C)C(=O)C(=O)N2c2cccc(C)c2)cc1. The summed E-state index contributed by atoms with van der Waals surface area (Å²) in [5.41, 5.74) is 4.68. The van der Waals surface area contributed by atoms with Crippen LogP contribution in [0.5, 0.6) is 5.75 Å². The molecule has 0 saturated carbocycles. The number of ketones is 1. The number of nitrogens with zero attached hydrogens (tertiary/aromatic N) is 1. The highest BCUT2D eigenvalue weighted by atomic mass is 16.5. The number of aryl methyl sites for hydroxylation is 3. The van der Waals surface area contributed by atoms with Crippen molar-refractivity contribution in [2.24, 2.45) is 0 Å². The Morgan fingerprint density at radius 2 is 1.59 bits per heavy atom. The van der Waals surface area contributed by atoms with Crippen molar-refractivity contribution in [2.75, 3.05) is 12.0 Å². The smallest absolute Gasteiger partial charge is 0.300 e. The molecule has 1 fully saturated rings. The molecular formula is C27H25NO4. The summed E-state index contributed by atoms with van der Waals surface area (Å²) in [7, 11) is 1.58. The highest BCUT2D eigenvalue weighted by Crippen LogP contribution is 2.43. The highest BCUT2D eigenvalue weighted by molar-refractivity contribution is 6.51. The van der Waals surface area contributed by atoms with Crippen molar-refractivity contribution in [1.82, 2.24) is 0 Å². The summed E-state index contributed by atoms with van der Waals surface area (Å²) < 4.78 is 5.26. The molecular weight excluding hydrogens is 402 g/mol. The molecule has 1 aliphatic rings. The maximum Gasteiger partial charge on any atom is 0.300 e. The van der Waals surface area contributed by atoms with Crippen LogP contribution in [0.3, 0.4) is 0 Å². The lowest BCUT2D eigenvalue weighted by Crippen LogP contribution is -2.29. The Hall–Kier alpha value is -3.86. The van der Waals surface area contributed by atoms with Gasteiger partial charge in [0.2, 0.25) is 0 Å². The molecule has 1 atom stereocenters. The van der Waals surface area contributed by atoms with Gasteiger partial charge < -0.3 is 9.84 Å². The average molecular weight is 428 g/mol. The van der Waals surface area contributed by atoms with Crippen LogP contribution in [-0.4, -0.2) is 23.9 Å². The molecule has 5 heteroatoms. The van der Waals surface area contributed by atoms with Crippen molar-refractivity contribution in [3.05, 3.63) is 100 Å². The van der Waals surface area contributed by atoms with E-state index in [-0.39, 0.29) is 11.3 Å². The normalized spacial score (nSPS) is 17.6. The van der Waals surface area contributed by atoms with Crippen LogP contribution in [0.25, 0.3) is 5.76 Å². The second-order valence-corrected chi connectivity index (χ2v) is 8.10. The maximum absolute atomic E-state index is 13.3. The number of carbonyl (C=O) groups is 2. The van der Waals surface area contributed by atoms with Gasteiger partial charge in [0.15, 0.2) is 0 Å². The number of hydrogen-bond donors (Lipinski definition) is 1. The second-order valence-electron chi connectivity index (χ2n) is 8.10. The van der Waals surface area contributed by atoms with E-state index in [1.54, 1.807) is 25.3 Å². The molecule has 0 aliphatic carbocycles. The lowest BCUT2D eigenvalue weighted by Gasteiger charge is -2.26. The van der Waals surface area contributed by atoms with E-state index in [1.807, 2.05) is 69.3 Å². The molecule has 0 bridgehead atoms. The van der Waals surface area contributed by atoms with E-state index in [4.69, 9.17) is 4.74 Å². The predicted molar refractivity (Wildman–Crippen MR) is 125 cm³/mol. The van der Waals surface area contributed by atoms with E-state index in [1.165, 1.54) is 4.90 Å². The van der Waals surface area contributed by atoms with E-state index in [2.05, 4.69) is 0 Å². The Morgan fingerprint density at radius 3 is 2.25 bits per heavy atom. The number of methoxy groups -OCH3 is 1. The molecule has 0 aromatic heterocycles. The first-order valence-corrected chi connectivity index (χ1v) is 10.4. The van der Waals surface area contributed by atoms with Crippen molar-refractivity contribution in [1.29, 1.82) is 0 Å². The minimum atomic E-state index is -0.761. The predicted octanol–water partition coefficient (Wildman–Crippen LogP) is 5.25. The van der Waals surface area contributed by atoms with Gasteiger partial charge in [-0.1, -0.05) is 42.0 Å². The van der Waals surface area contributed by atoms with Gasteiger partial charge in [-0.25, -0.2) is 0 Å². The molecule has 4 rings (SSSR count). The van der Waals surface area contributed by atoms with E-state index in [0.717, 1.165) is 16.7 Å². The first-order chi connectivity index (χ1) is 15.3. The van der Waals surface area contributed by atoms with Crippen molar-refractivity contribution in [3.8, 4) is 5.75 Å². The zero-order valence-corrected chi connectivity index (χ0v) is 18.5. The highest BCUT2D eigenvalue weighted by Gasteiger charge is 2.47. The summed E-state index contributed by atoms with van der Waals surface area (Å²) in [5, 5.41) is 11.3. The molecule has 1 unspecified atom stereocenters. The van der Waals surface area contributed by atoms with Crippen LogP contribution < -0.4 is 9.64 Å². The van der Waals surface area contributed by atoms with Gasteiger partial charge in [-0.05, 0) is 67.8 Å². The summed E-state index contributed by atoms with van der Waals surface area (Å²) in [6.45, 7) is 5.72. The number of hydrogen-bond acceptors (Lipinski definition) is 4. The first kappa shape index (κ1) is 21.4. The second kappa shape index (κ2) is 8.35. The standard InChI is InChI=1S/C27H25NO4/c1-16-6-5-7-20(14-16)28-24(19-10-12-21(32-4)13-11-19)23(26(30)27(28)31)25(29)22-15-17(2)8-9-18(22)3/h5-15,24,29H,1-4H3/b25-23+. The molecule has 3 aromatic rings. The average Bonchev–Trinajstić information content (AvgIpc) is 3.05. The van der Waals surface area contributed by atoms with E-state index >= 15 is 0 Å². The van der Waals surface area contributed by atoms with Gasteiger partial charge >= 0.3 is 0 Å². The van der Waals surface area contributed by atoms with Crippen LogP contribution in [0, 0.1) is 20.8 Å². The van der Waals surface area contributed by atoms with Crippen LogP contribution in [-0.2, 0) is 9.59 Å². The largest absolute Gasteiger partial charge is 0.507 e. The van der Waals surface area contributed by atoms with Crippen molar-refractivity contribution < 1.29 is 19.4 Å². The summed E-state index contributed by atoms with van der Waals surface area (Å²) in [4.78, 5) is 28.0. The van der Waals surface area contributed by atoms with Gasteiger partial charge in [0.1, 0.15) is 11.5 Å².